The number of rotatable bonds is 6. The van der Waals surface area contributed by atoms with Crippen LogP contribution < -0.4 is 5.32 Å². The Morgan fingerprint density at radius 2 is 1.50 bits per heavy atom. The van der Waals surface area contributed by atoms with Gasteiger partial charge < -0.3 is 10.4 Å². The Morgan fingerprint density at radius 3 is 2.09 bits per heavy atom. The van der Waals surface area contributed by atoms with Gasteiger partial charge in [-0.25, -0.2) is 0 Å². The summed E-state index contributed by atoms with van der Waals surface area (Å²) in [5, 5.41) is 14.8. The van der Waals surface area contributed by atoms with Crippen molar-refractivity contribution in [2.75, 3.05) is 13.1 Å². The molecule has 1 aliphatic heterocycles. The van der Waals surface area contributed by atoms with E-state index in [-0.39, 0.29) is 11.9 Å². The maximum atomic E-state index is 11.9. The average Bonchev–Trinajstić information content (AvgIpc) is 2.82. The molecule has 0 aliphatic carbocycles. The number of aliphatic hydroxyl groups is 1. The molecule has 0 amide bonds. The molecule has 2 N–H and O–H groups in total. The van der Waals surface area contributed by atoms with Gasteiger partial charge in [0.05, 0.1) is 6.10 Å². The van der Waals surface area contributed by atoms with Crippen LogP contribution in [0.15, 0.2) is 73.1 Å². The molecule has 1 fully saturated rings. The summed E-state index contributed by atoms with van der Waals surface area (Å²) in [6.45, 7) is 2.16. The van der Waals surface area contributed by atoms with Crippen molar-refractivity contribution in [3.05, 3.63) is 99.8 Å². The first-order chi connectivity index (χ1) is 15.5. The second kappa shape index (κ2) is 12.7. The molecule has 2 aromatic carbocycles. The lowest BCUT2D eigenvalue weighted by Crippen LogP contribution is -2.28. The highest BCUT2D eigenvalue weighted by molar-refractivity contribution is 6.30. The zero-order valence-electron chi connectivity index (χ0n) is 17.9. The number of hydrogen-bond acceptors (Lipinski definition) is 4. The zero-order valence-corrected chi connectivity index (χ0v) is 19.4. The van der Waals surface area contributed by atoms with Crippen molar-refractivity contribution in [2.45, 2.75) is 31.8 Å². The Balaban J connectivity index is 0.000000181. The molecule has 1 aliphatic rings. The second-order valence-corrected chi connectivity index (χ2v) is 8.83. The Hall–Kier alpha value is -2.24. The summed E-state index contributed by atoms with van der Waals surface area (Å²) in [5.41, 5.74) is 2.62. The third-order valence-electron chi connectivity index (χ3n) is 5.55. The Kier molecular flexibility index (Phi) is 9.69. The van der Waals surface area contributed by atoms with Gasteiger partial charge in [-0.05, 0) is 97.9 Å². The number of pyridine rings is 1. The van der Waals surface area contributed by atoms with Crippen LogP contribution in [0.3, 0.4) is 0 Å². The van der Waals surface area contributed by atoms with Crippen molar-refractivity contribution < 1.29 is 9.90 Å². The van der Waals surface area contributed by atoms with Crippen molar-refractivity contribution >= 4 is 29.0 Å². The lowest BCUT2D eigenvalue weighted by molar-refractivity contribution is 0.0993. The third-order valence-corrected chi connectivity index (χ3v) is 6.05. The fraction of sp³-hybridized carbons (Fsp3) is 0.308. The van der Waals surface area contributed by atoms with E-state index >= 15 is 0 Å². The highest BCUT2D eigenvalue weighted by atomic mass is 35.5. The van der Waals surface area contributed by atoms with Gasteiger partial charge in [-0.3, -0.25) is 9.78 Å². The Bertz CT molecular complexity index is 957. The van der Waals surface area contributed by atoms with Crippen molar-refractivity contribution in [1.82, 2.24) is 10.3 Å². The number of halogens is 2. The molecular weight excluding hydrogens is 443 g/mol. The van der Waals surface area contributed by atoms with Crippen LogP contribution in [0.1, 0.15) is 46.9 Å². The number of hydrogen-bond donors (Lipinski definition) is 2. The minimum atomic E-state index is -0.347. The summed E-state index contributed by atoms with van der Waals surface area (Å²) in [6.07, 6.45) is 6.62. The quantitative estimate of drug-likeness (QED) is 0.438. The number of carbonyl (C=O) groups excluding carboxylic acids is 1. The van der Waals surface area contributed by atoms with Crippen LogP contribution in [0.4, 0.5) is 0 Å². The monoisotopic (exact) mass is 470 g/mol. The number of piperidine rings is 1. The van der Waals surface area contributed by atoms with Crippen LogP contribution in [-0.2, 0) is 6.42 Å². The summed E-state index contributed by atoms with van der Waals surface area (Å²) in [5.74, 6) is 0.731. The van der Waals surface area contributed by atoms with Gasteiger partial charge in [0.1, 0.15) is 0 Å². The standard InChI is InChI=1S/C13H18ClNO.C13H10ClNO/c2*14-12-3-1-11(2-4-12)13(16)9-10-5-7-15-8-6-10/h1-4,10,13,15-16H,5-9H2;1-8H,9H2. The van der Waals surface area contributed by atoms with Gasteiger partial charge in [0, 0.05) is 34.4 Å². The smallest absolute Gasteiger partial charge is 0.167 e. The molecule has 1 atom stereocenters. The van der Waals surface area contributed by atoms with Crippen LogP contribution >= 0.6 is 23.2 Å². The zero-order chi connectivity index (χ0) is 22.8. The molecule has 2 heterocycles. The van der Waals surface area contributed by atoms with Gasteiger partial charge in [-0.2, -0.15) is 0 Å². The Morgan fingerprint density at radius 1 is 0.938 bits per heavy atom. The van der Waals surface area contributed by atoms with Crippen LogP contribution in [0, 0.1) is 5.92 Å². The lowest BCUT2D eigenvalue weighted by atomic mass is 9.90. The number of ketones is 1. The highest BCUT2D eigenvalue weighted by Gasteiger charge is 2.18. The fourth-order valence-corrected chi connectivity index (χ4v) is 3.93. The molecule has 1 aromatic heterocycles. The molecule has 0 bridgehead atoms. The van der Waals surface area contributed by atoms with Crippen molar-refractivity contribution in [1.29, 1.82) is 0 Å². The minimum Gasteiger partial charge on any atom is -0.388 e. The summed E-state index contributed by atoms with van der Waals surface area (Å²) in [4.78, 5) is 15.8. The van der Waals surface area contributed by atoms with Crippen molar-refractivity contribution in [3.8, 4) is 0 Å². The van der Waals surface area contributed by atoms with Crippen LogP contribution in [0.25, 0.3) is 0 Å². The first-order valence-electron chi connectivity index (χ1n) is 10.8. The summed E-state index contributed by atoms with van der Waals surface area (Å²) < 4.78 is 0. The van der Waals surface area contributed by atoms with E-state index in [2.05, 4.69) is 10.3 Å². The SMILES string of the molecule is O=C(Cc1ccncc1)c1ccc(Cl)cc1.OC(CC1CCNCC1)c1ccc(Cl)cc1. The van der Waals surface area contributed by atoms with Crippen molar-refractivity contribution in [2.24, 2.45) is 5.92 Å². The summed E-state index contributed by atoms with van der Waals surface area (Å²) in [6, 6.07) is 18.1. The largest absolute Gasteiger partial charge is 0.388 e. The average molecular weight is 471 g/mol. The number of benzene rings is 2. The van der Waals surface area contributed by atoms with E-state index in [1.807, 2.05) is 36.4 Å². The van der Waals surface area contributed by atoms with Gasteiger partial charge in [0.15, 0.2) is 5.78 Å². The summed E-state index contributed by atoms with van der Waals surface area (Å²) >= 11 is 11.6. The van der Waals surface area contributed by atoms with E-state index in [1.54, 1.807) is 36.7 Å². The number of Topliss-reactive ketones (excluding diaryl/α,β-unsaturated/α-hetero) is 1. The minimum absolute atomic E-state index is 0.0860. The van der Waals surface area contributed by atoms with Gasteiger partial charge >= 0.3 is 0 Å². The van der Waals surface area contributed by atoms with Gasteiger partial charge in [-0.1, -0.05) is 35.3 Å². The Labute approximate surface area is 199 Å². The molecule has 4 rings (SSSR count). The molecule has 4 nitrogen and oxygen atoms in total. The fourth-order valence-electron chi connectivity index (χ4n) is 3.68. The number of aliphatic hydroxyl groups excluding tert-OH is 1. The number of carbonyl (C=O) groups is 1. The topological polar surface area (TPSA) is 62.2 Å². The van der Waals surface area contributed by atoms with E-state index in [0.29, 0.717) is 22.9 Å². The second-order valence-electron chi connectivity index (χ2n) is 7.96. The van der Waals surface area contributed by atoms with Gasteiger partial charge in [-0.15, -0.1) is 0 Å². The molecule has 168 valence electrons. The predicted octanol–water partition coefficient (Wildman–Crippen LogP) is 5.92. The number of aromatic nitrogens is 1. The highest BCUT2D eigenvalue weighted by Crippen LogP contribution is 2.27. The maximum Gasteiger partial charge on any atom is 0.167 e. The van der Waals surface area contributed by atoms with Gasteiger partial charge in [0.25, 0.3) is 0 Å². The van der Waals surface area contributed by atoms with E-state index in [0.717, 1.165) is 35.7 Å². The molecule has 3 aromatic rings. The molecule has 0 saturated carbocycles. The molecule has 1 unspecified atom stereocenters. The molecule has 0 radical (unpaired) electrons. The molecular formula is C26H28Cl2N2O2. The normalized spacial score (nSPS) is 14.8. The van der Waals surface area contributed by atoms with E-state index < -0.39 is 0 Å². The van der Waals surface area contributed by atoms with Crippen molar-refractivity contribution in [3.63, 3.8) is 0 Å². The van der Waals surface area contributed by atoms with Crippen LogP contribution in [-0.4, -0.2) is 29.0 Å². The molecule has 1 saturated heterocycles. The predicted molar refractivity (Wildman–Crippen MR) is 130 cm³/mol. The number of nitrogens with one attached hydrogen (secondary N) is 1. The maximum absolute atomic E-state index is 11.9. The van der Waals surface area contributed by atoms with Crippen LogP contribution in [0.2, 0.25) is 10.0 Å². The third kappa shape index (κ3) is 8.03. The van der Waals surface area contributed by atoms with Crippen LogP contribution in [0.5, 0.6) is 0 Å². The number of nitrogens with zero attached hydrogens (tertiary/aromatic N) is 1. The first kappa shape index (κ1) is 24.4. The van der Waals surface area contributed by atoms with E-state index in [9.17, 15) is 9.90 Å². The molecule has 6 heteroatoms. The van der Waals surface area contributed by atoms with E-state index in [4.69, 9.17) is 23.2 Å². The molecule has 32 heavy (non-hydrogen) atoms. The van der Waals surface area contributed by atoms with E-state index in [1.165, 1.54) is 12.8 Å². The first-order valence-corrected chi connectivity index (χ1v) is 11.6. The lowest BCUT2D eigenvalue weighted by Gasteiger charge is -2.24. The van der Waals surface area contributed by atoms with Gasteiger partial charge in [0.2, 0.25) is 0 Å². The molecule has 0 spiro atoms. The summed E-state index contributed by atoms with van der Waals surface area (Å²) in [7, 11) is 0.